The van der Waals surface area contributed by atoms with Gasteiger partial charge in [0.05, 0.1) is 5.69 Å². The highest BCUT2D eigenvalue weighted by atomic mass is 15.1. The van der Waals surface area contributed by atoms with Gasteiger partial charge in [-0.2, -0.15) is 0 Å². The molecule has 1 unspecified atom stereocenters. The van der Waals surface area contributed by atoms with Crippen molar-refractivity contribution in [2.24, 2.45) is 0 Å². The van der Waals surface area contributed by atoms with Crippen LogP contribution in [-0.2, 0) is 6.54 Å². The Balaban J connectivity index is 1.51. The lowest BCUT2D eigenvalue weighted by molar-refractivity contribution is 0.196. The molecule has 0 aromatic carbocycles. The summed E-state index contributed by atoms with van der Waals surface area (Å²) in [5, 5.41) is 0. The number of pyridine rings is 2. The predicted molar refractivity (Wildman–Crippen MR) is 97.6 cm³/mol. The van der Waals surface area contributed by atoms with Crippen LogP contribution in [0.15, 0.2) is 55.0 Å². The molecule has 5 heteroatoms. The van der Waals surface area contributed by atoms with E-state index in [0.29, 0.717) is 5.92 Å². The zero-order valence-electron chi connectivity index (χ0n) is 14.5. The van der Waals surface area contributed by atoms with Gasteiger partial charge in [-0.15, -0.1) is 0 Å². The lowest BCUT2D eigenvalue weighted by Gasteiger charge is -2.32. The van der Waals surface area contributed by atoms with Crippen LogP contribution in [0.1, 0.15) is 36.0 Å². The monoisotopic (exact) mass is 333 g/mol. The van der Waals surface area contributed by atoms with Gasteiger partial charge in [0.25, 0.3) is 0 Å². The second kappa shape index (κ2) is 7.15. The molecule has 1 atom stereocenters. The fourth-order valence-corrected chi connectivity index (χ4v) is 3.58. The average molecular weight is 333 g/mol. The van der Waals surface area contributed by atoms with Crippen LogP contribution in [0.2, 0.25) is 0 Å². The SMILES string of the molecule is Cc1nccn1-c1cccc(C2CCCN(Cc3ccccn3)C2)n1. The minimum absolute atomic E-state index is 0.473. The van der Waals surface area contributed by atoms with Gasteiger partial charge >= 0.3 is 0 Å². The Bertz CT molecular complexity index is 827. The van der Waals surface area contributed by atoms with Crippen molar-refractivity contribution < 1.29 is 0 Å². The van der Waals surface area contributed by atoms with E-state index in [2.05, 4.69) is 39.1 Å². The Kier molecular flexibility index (Phi) is 4.57. The number of likely N-dealkylation sites (tertiary alicyclic amines) is 1. The van der Waals surface area contributed by atoms with Gasteiger partial charge in [0.1, 0.15) is 11.6 Å². The van der Waals surface area contributed by atoms with Crippen LogP contribution >= 0.6 is 0 Å². The molecule has 0 spiro atoms. The lowest BCUT2D eigenvalue weighted by atomic mass is 9.94. The molecule has 25 heavy (non-hydrogen) atoms. The van der Waals surface area contributed by atoms with E-state index in [9.17, 15) is 0 Å². The van der Waals surface area contributed by atoms with E-state index in [-0.39, 0.29) is 0 Å². The molecule has 4 rings (SSSR count). The van der Waals surface area contributed by atoms with Crippen molar-refractivity contribution in [1.82, 2.24) is 24.4 Å². The molecule has 0 N–H and O–H groups in total. The number of piperidine rings is 1. The summed E-state index contributed by atoms with van der Waals surface area (Å²) >= 11 is 0. The first-order chi connectivity index (χ1) is 12.3. The average Bonchev–Trinajstić information content (AvgIpc) is 3.09. The molecule has 3 aromatic heterocycles. The number of rotatable bonds is 4. The molecule has 128 valence electrons. The number of nitrogens with zero attached hydrogens (tertiary/aromatic N) is 5. The Morgan fingerprint density at radius 3 is 2.84 bits per heavy atom. The van der Waals surface area contributed by atoms with E-state index in [1.807, 2.05) is 42.2 Å². The molecular weight excluding hydrogens is 310 g/mol. The Morgan fingerprint density at radius 1 is 1.08 bits per heavy atom. The van der Waals surface area contributed by atoms with Crippen molar-refractivity contribution in [3.63, 3.8) is 0 Å². The van der Waals surface area contributed by atoms with Crippen molar-refractivity contribution in [3.05, 3.63) is 72.2 Å². The Hall–Kier alpha value is -2.53. The van der Waals surface area contributed by atoms with Crippen molar-refractivity contribution in [2.45, 2.75) is 32.2 Å². The normalized spacial score (nSPS) is 18.4. The summed E-state index contributed by atoms with van der Waals surface area (Å²) in [6, 6.07) is 12.4. The third-order valence-corrected chi connectivity index (χ3v) is 4.86. The van der Waals surface area contributed by atoms with Crippen molar-refractivity contribution in [1.29, 1.82) is 0 Å². The fourth-order valence-electron chi connectivity index (χ4n) is 3.58. The molecule has 3 aromatic rings. The third kappa shape index (κ3) is 3.61. The maximum atomic E-state index is 4.92. The summed E-state index contributed by atoms with van der Waals surface area (Å²) in [4.78, 5) is 16.2. The molecule has 0 saturated carbocycles. The van der Waals surface area contributed by atoms with Crippen LogP contribution in [0.25, 0.3) is 5.82 Å². The van der Waals surface area contributed by atoms with Gasteiger partial charge in [0.15, 0.2) is 0 Å². The van der Waals surface area contributed by atoms with E-state index in [1.54, 1.807) is 0 Å². The number of aromatic nitrogens is 4. The first kappa shape index (κ1) is 16.0. The van der Waals surface area contributed by atoms with Crippen molar-refractivity contribution >= 4 is 0 Å². The smallest absolute Gasteiger partial charge is 0.138 e. The summed E-state index contributed by atoms with van der Waals surface area (Å²) in [5.41, 5.74) is 2.32. The van der Waals surface area contributed by atoms with Crippen molar-refractivity contribution in [2.75, 3.05) is 13.1 Å². The van der Waals surface area contributed by atoms with E-state index in [4.69, 9.17) is 4.98 Å². The Morgan fingerprint density at radius 2 is 2.04 bits per heavy atom. The van der Waals surface area contributed by atoms with Gasteiger partial charge in [-0.25, -0.2) is 9.97 Å². The maximum absolute atomic E-state index is 4.92. The van der Waals surface area contributed by atoms with E-state index < -0.39 is 0 Å². The minimum Gasteiger partial charge on any atom is -0.297 e. The lowest BCUT2D eigenvalue weighted by Crippen LogP contribution is -2.34. The summed E-state index contributed by atoms with van der Waals surface area (Å²) in [6.45, 7) is 5.09. The van der Waals surface area contributed by atoms with E-state index in [1.165, 1.54) is 18.5 Å². The number of imidazole rings is 1. The molecule has 1 fully saturated rings. The zero-order chi connectivity index (χ0) is 17.1. The van der Waals surface area contributed by atoms with Gasteiger partial charge in [0.2, 0.25) is 0 Å². The second-order valence-electron chi connectivity index (χ2n) is 6.66. The highest BCUT2D eigenvalue weighted by molar-refractivity contribution is 5.28. The molecule has 4 heterocycles. The minimum atomic E-state index is 0.473. The largest absolute Gasteiger partial charge is 0.297 e. The van der Waals surface area contributed by atoms with Crippen LogP contribution in [0.3, 0.4) is 0 Å². The van der Waals surface area contributed by atoms with Crippen molar-refractivity contribution in [3.8, 4) is 5.82 Å². The molecule has 0 amide bonds. The Labute approximate surface area is 148 Å². The topological polar surface area (TPSA) is 46.8 Å². The van der Waals surface area contributed by atoms with Crippen LogP contribution in [0, 0.1) is 6.92 Å². The zero-order valence-corrected chi connectivity index (χ0v) is 14.5. The van der Waals surface area contributed by atoms with E-state index in [0.717, 1.165) is 37.0 Å². The molecule has 1 aliphatic heterocycles. The van der Waals surface area contributed by atoms with Crippen LogP contribution in [0.4, 0.5) is 0 Å². The highest BCUT2D eigenvalue weighted by Crippen LogP contribution is 2.27. The van der Waals surface area contributed by atoms with E-state index >= 15 is 0 Å². The van der Waals surface area contributed by atoms with Gasteiger partial charge in [-0.1, -0.05) is 12.1 Å². The van der Waals surface area contributed by atoms with Crippen LogP contribution in [0.5, 0.6) is 0 Å². The molecule has 0 bridgehead atoms. The van der Waals surface area contributed by atoms with Gasteiger partial charge in [-0.05, 0) is 50.6 Å². The number of aryl methyl sites for hydroxylation is 1. The fraction of sp³-hybridized carbons (Fsp3) is 0.350. The first-order valence-electron chi connectivity index (χ1n) is 8.89. The van der Waals surface area contributed by atoms with Gasteiger partial charge < -0.3 is 0 Å². The second-order valence-corrected chi connectivity index (χ2v) is 6.66. The summed E-state index contributed by atoms with van der Waals surface area (Å²) < 4.78 is 2.04. The van der Waals surface area contributed by atoms with Gasteiger partial charge in [-0.3, -0.25) is 14.5 Å². The molecule has 1 aliphatic rings. The molecule has 0 radical (unpaired) electrons. The molecular formula is C20H23N5. The maximum Gasteiger partial charge on any atom is 0.138 e. The van der Waals surface area contributed by atoms with Crippen LogP contribution in [-0.4, -0.2) is 37.5 Å². The molecule has 0 aliphatic carbocycles. The number of hydrogen-bond donors (Lipinski definition) is 0. The molecule has 5 nitrogen and oxygen atoms in total. The quantitative estimate of drug-likeness (QED) is 0.734. The van der Waals surface area contributed by atoms with Crippen LogP contribution < -0.4 is 0 Å². The predicted octanol–water partition coefficient (Wildman–Crippen LogP) is 3.35. The summed E-state index contributed by atoms with van der Waals surface area (Å²) in [6.07, 6.45) is 8.05. The van der Waals surface area contributed by atoms with Gasteiger partial charge in [0, 0.05) is 43.3 Å². The first-order valence-corrected chi connectivity index (χ1v) is 8.89. The summed E-state index contributed by atoms with van der Waals surface area (Å²) in [7, 11) is 0. The standard InChI is InChI=1S/C20H23N5/c1-16-21-11-13-25(16)20-9-4-8-19(23-20)17-6-5-12-24(14-17)15-18-7-2-3-10-22-18/h2-4,7-11,13,17H,5-6,12,14-15H2,1H3. The highest BCUT2D eigenvalue weighted by Gasteiger charge is 2.23. The molecule has 1 saturated heterocycles. The number of hydrogen-bond acceptors (Lipinski definition) is 4. The third-order valence-electron chi connectivity index (χ3n) is 4.86. The summed E-state index contributed by atoms with van der Waals surface area (Å²) in [5.74, 6) is 2.39.